The van der Waals surface area contributed by atoms with Gasteiger partial charge in [0, 0.05) is 17.7 Å². The maximum atomic E-state index is 13.1. The van der Waals surface area contributed by atoms with Crippen molar-refractivity contribution in [2.45, 2.75) is 25.3 Å². The minimum atomic E-state index is -0.452. The fraction of sp³-hybridized carbons (Fsp3) is 0.455. The molecule has 1 aromatic rings. The molecule has 0 amide bonds. The van der Waals surface area contributed by atoms with E-state index in [0.29, 0.717) is 11.5 Å². The maximum absolute atomic E-state index is 13.1. The van der Waals surface area contributed by atoms with Crippen LogP contribution >= 0.6 is 0 Å². The number of rotatable bonds is 3. The van der Waals surface area contributed by atoms with Crippen LogP contribution < -0.4 is 11.5 Å². The van der Waals surface area contributed by atoms with Crippen molar-refractivity contribution in [1.29, 1.82) is 0 Å². The summed E-state index contributed by atoms with van der Waals surface area (Å²) in [6.07, 6.45) is 3.15. The molecule has 0 heterocycles. The van der Waals surface area contributed by atoms with E-state index >= 15 is 0 Å². The minimum absolute atomic E-state index is 0.0521. The highest BCUT2D eigenvalue weighted by molar-refractivity contribution is 5.57. The molecule has 2 rings (SSSR count). The van der Waals surface area contributed by atoms with E-state index < -0.39 is 5.82 Å². The topological polar surface area (TPSA) is 72.3 Å². The van der Waals surface area contributed by atoms with Crippen LogP contribution in [0, 0.1) is 11.7 Å². The normalized spacial score (nSPS) is 17.7. The molecule has 1 aromatic carbocycles. The number of phenols is 1. The molecule has 1 saturated carbocycles. The third-order valence-corrected chi connectivity index (χ3v) is 2.82. The van der Waals surface area contributed by atoms with Crippen molar-refractivity contribution in [3.63, 3.8) is 0 Å². The molecule has 1 atom stereocenters. The van der Waals surface area contributed by atoms with Crippen LogP contribution in [-0.2, 0) is 0 Å². The standard InChI is InChI=1S/C11H15FN2O/c12-7-4-8(11(15)10(14)5-7)9(13)3-6-1-2-6/h4-6,9,15H,1-3,13-14H2/t9-/m0/s1. The predicted octanol–water partition coefficient (Wildman–Crippen LogP) is 1.91. The summed E-state index contributed by atoms with van der Waals surface area (Å²) in [6.45, 7) is 0. The fourth-order valence-corrected chi connectivity index (χ4v) is 1.76. The Labute approximate surface area is 87.9 Å². The summed E-state index contributed by atoms with van der Waals surface area (Å²) in [5.41, 5.74) is 11.8. The molecule has 4 heteroatoms. The second kappa shape index (κ2) is 3.70. The molecule has 1 aliphatic rings. The Morgan fingerprint density at radius 3 is 2.73 bits per heavy atom. The number of aromatic hydroxyl groups is 1. The van der Waals surface area contributed by atoms with Crippen LogP contribution in [0.3, 0.4) is 0 Å². The van der Waals surface area contributed by atoms with Gasteiger partial charge in [0.1, 0.15) is 11.6 Å². The van der Waals surface area contributed by atoms with Gasteiger partial charge in [0.2, 0.25) is 0 Å². The van der Waals surface area contributed by atoms with Crippen LogP contribution in [0.5, 0.6) is 5.75 Å². The molecule has 15 heavy (non-hydrogen) atoms. The molecule has 0 aliphatic heterocycles. The molecule has 0 radical (unpaired) electrons. The van der Waals surface area contributed by atoms with E-state index in [1.165, 1.54) is 18.9 Å². The first-order chi connectivity index (χ1) is 7.08. The summed E-state index contributed by atoms with van der Waals surface area (Å²) in [4.78, 5) is 0. The molecule has 0 spiro atoms. The van der Waals surface area contributed by atoms with E-state index in [4.69, 9.17) is 11.5 Å². The van der Waals surface area contributed by atoms with Gasteiger partial charge in [0.15, 0.2) is 0 Å². The predicted molar refractivity (Wildman–Crippen MR) is 56.7 cm³/mol. The summed E-state index contributed by atoms with van der Waals surface area (Å²) in [7, 11) is 0. The number of benzene rings is 1. The van der Waals surface area contributed by atoms with E-state index in [-0.39, 0.29) is 17.5 Å². The number of hydrogen-bond donors (Lipinski definition) is 3. The zero-order valence-electron chi connectivity index (χ0n) is 8.41. The smallest absolute Gasteiger partial charge is 0.143 e. The van der Waals surface area contributed by atoms with Crippen LogP contribution in [0.1, 0.15) is 30.9 Å². The Kier molecular flexibility index (Phi) is 2.52. The van der Waals surface area contributed by atoms with Crippen LogP contribution in [0.2, 0.25) is 0 Å². The lowest BCUT2D eigenvalue weighted by molar-refractivity contribution is 0.455. The van der Waals surface area contributed by atoms with Crippen molar-refractivity contribution in [3.05, 3.63) is 23.5 Å². The van der Waals surface area contributed by atoms with Crippen molar-refractivity contribution in [1.82, 2.24) is 0 Å². The van der Waals surface area contributed by atoms with Gasteiger partial charge in [-0.05, 0) is 18.4 Å². The zero-order chi connectivity index (χ0) is 11.0. The summed E-state index contributed by atoms with van der Waals surface area (Å²) in [6, 6.07) is 2.04. The van der Waals surface area contributed by atoms with Gasteiger partial charge < -0.3 is 16.6 Å². The van der Waals surface area contributed by atoms with E-state index in [9.17, 15) is 9.50 Å². The molecule has 0 saturated heterocycles. The number of halogens is 1. The van der Waals surface area contributed by atoms with Crippen LogP contribution in [0.15, 0.2) is 12.1 Å². The molecule has 1 aliphatic carbocycles. The van der Waals surface area contributed by atoms with Crippen LogP contribution in [0.25, 0.3) is 0 Å². The Morgan fingerprint density at radius 1 is 1.47 bits per heavy atom. The highest BCUT2D eigenvalue weighted by Crippen LogP contribution is 2.39. The quantitative estimate of drug-likeness (QED) is 0.527. The molecule has 3 nitrogen and oxygen atoms in total. The molecule has 0 unspecified atom stereocenters. The van der Waals surface area contributed by atoms with Gasteiger partial charge in [-0.1, -0.05) is 12.8 Å². The van der Waals surface area contributed by atoms with E-state index in [0.717, 1.165) is 12.5 Å². The van der Waals surface area contributed by atoms with Crippen molar-refractivity contribution in [2.24, 2.45) is 11.7 Å². The van der Waals surface area contributed by atoms with Crippen molar-refractivity contribution in [2.75, 3.05) is 5.73 Å². The Balaban J connectivity index is 2.24. The lowest BCUT2D eigenvalue weighted by Crippen LogP contribution is -2.12. The summed E-state index contributed by atoms with van der Waals surface area (Å²) in [5.74, 6) is 0.0972. The highest BCUT2D eigenvalue weighted by Gasteiger charge is 2.26. The van der Waals surface area contributed by atoms with Gasteiger partial charge in [-0.3, -0.25) is 0 Å². The second-order valence-electron chi connectivity index (χ2n) is 4.22. The zero-order valence-corrected chi connectivity index (χ0v) is 8.41. The summed E-state index contributed by atoms with van der Waals surface area (Å²) < 4.78 is 13.1. The number of hydrogen-bond acceptors (Lipinski definition) is 3. The SMILES string of the molecule is Nc1cc(F)cc([C@@H](N)CC2CC2)c1O. The number of phenolic OH excluding ortho intramolecular Hbond substituents is 1. The average molecular weight is 210 g/mol. The third-order valence-electron chi connectivity index (χ3n) is 2.82. The van der Waals surface area contributed by atoms with E-state index in [1.54, 1.807) is 0 Å². The Bertz CT molecular complexity index is 377. The summed E-state index contributed by atoms with van der Waals surface area (Å²) >= 11 is 0. The molecule has 1 fully saturated rings. The number of nitrogens with two attached hydrogens (primary N) is 2. The molecule has 0 aromatic heterocycles. The van der Waals surface area contributed by atoms with Crippen molar-refractivity contribution in [3.8, 4) is 5.75 Å². The van der Waals surface area contributed by atoms with E-state index in [1.807, 2.05) is 0 Å². The Hall–Kier alpha value is -1.29. The van der Waals surface area contributed by atoms with Gasteiger partial charge in [-0.2, -0.15) is 0 Å². The first-order valence-corrected chi connectivity index (χ1v) is 5.11. The molecular weight excluding hydrogens is 195 g/mol. The highest BCUT2D eigenvalue weighted by atomic mass is 19.1. The second-order valence-corrected chi connectivity index (χ2v) is 4.22. The van der Waals surface area contributed by atoms with Crippen molar-refractivity contribution < 1.29 is 9.50 Å². The molecule has 5 N–H and O–H groups in total. The van der Waals surface area contributed by atoms with Gasteiger partial charge in [0.25, 0.3) is 0 Å². The molecule has 82 valence electrons. The van der Waals surface area contributed by atoms with Gasteiger partial charge in [0.05, 0.1) is 5.69 Å². The van der Waals surface area contributed by atoms with E-state index in [2.05, 4.69) is 0 Å². The lowest BCUT2D eigenvalue weighted by atomic mass is 10.00. The third kappa shape index (κ3) is 2.21. The first-order valence-electron chi connectivity index (χ1n) is 5.11. The molecule has 0 bridgehead atoms. The fourth-order valence-electron chi connectivity index (χ4n) is 1.76. The Morgan fingerprint density at radius 2 is 2.13 bits per heavy atom. The first kappa shape index (κ1) is 10.2. The average Bonchev–Trinajstić information content (AvgIpc) is 2.94. The molecular formula is C11H15FN2O. The van der Waals surface area contributed by atoms with Gasteiger partial charge in [-0.15, -0.1) is 0 Å². The van der Waals surface area contributed by atoms with Crippen LogP contribution in [-0.4, -0.2) is 5.11 Å². The van der Waals surface area contributed by atoms with Crippen molar-refractivity contribution >= 4 is 5.69 Å². The largest absolute Gasteiger partial charge is 0.505 e. The minimum Gasteiger partial charge on any atom is -0.505 e. The van der Waals surface area contributed by atoms with Gasteiger partial charge in [-0.25, -0.2) is 4.39 Å². The maximum Gasteiger partial charge on any atom is 0.143 e. The van der Waals surface area contributed by atoms with Gasteiger partial charge >= 0.3 is 0 Å². The summed E-state index contributed by atoms with van der Waals surface area (Å²) in [5, 5.41) is 9.65. The lowest BCUT2D eigenvalue weighted by Gasteiger charge is -2.14. The monoisotopic (exact) mass is 210 g/mol. The number of anilines is 1. The van der Waals surface area contributed by atoms with Crippen LogP contribution in [0.4, 0.5) is 10.1 Å². The number of nitrogen functional groups attached to an aromatic ring is 1.